The SMILES string of the molecule is CCC(C)c1nc(NC)c2c(C)c(C)sc2n1. The molecular weight excluding hydrogens is 230 g/mol. The Morgan fingerprint density at radius 3 is 2.59 bits per heavy atom. The van der Waals surface area contributed by atoms with E-state index < -0.39 is 0 Å². The van der Waals surface area contributed by atoms with Crippen molar-refractivity contribution in [3.05, 3.63) is 16.3 Å². The maximum atomic E-state index is 4.70. The smallest absolute Gasteiger partial charge is 0.138 e. The van der Waals surface area contributed by atoms with Crippen LogP contribution in [0, 0.1) is 13.8 Å². The summed E-state index contributed by atoms with van der Waals surface area (Å²) >= 11 is 1.76. The van der Waals surface area contributed by atoms with Crippen LogP contribution in [0.15, 0.2) is 0 Å². The van der Waals surface area contributed by atoms with Crippen LogP contribution in [0.1, 0.15) is 42.5 Å². The van der Waals surface area contributed by atoms with Gasteiger partial charge in [-0.1, -0.05) is 13.8 Å². The van der Waals surface area contributed by atoms with E-state index in [-0.39, 0.29) is 0 Å². The molecule has 4 heteroatoms. The summed E-state index contributed by atoms with van der Waals surface area (Å²) in [5.41, 5.74) is 1.30. The minimum atomic E-state index is 0.411. The molecule has 0 saturated heterocycles. The average Bonchev–Trinajstić information content (AvgIpc) is 2.63. The minimum Gasteiger partial charge on any atom is -0.372 e. The number of fused-ring (bicyclic) bond motifs is 1. The Labute approximate surface area is 106 Å². The second kappa shape index (κ2) is 4.61. The van der Waals surface area contributed by atoms with Gasteiger partial charge in [0.05, 0.1) is 5.39 Å². The molecule has 1 unspecified atom stereocenters. The molecule has 2 aromatic rings. The molecule has 0 aliphatic heterocycles. The van der Waals surface area contributed by atoms with Gasteiger partial charge in [-0.15, -0.1) is 11.3 Å². The van der Waals surface area contributed by atoms with Crippen molar-refractivity contribution in [1.82, 2.24) is 9.97 Å². The van der Waals surface area contributed by atoms with Crippen LogP contribution in [0.4, 0.5) is 5.82 Å². The summed E-state index contributed by atoms with van der Waals surface area (Å²) in [6, 6.07) is 0. The predicted molar refractivity (Wildman–Crippen MR) is 75.1 cm³/mol. The number of aryl methyl sites for hydroxylation is 2. The molecule has 17 heavy (non-hydrogen) atoms. The van der Waals surface area contributed by atoms with Gasteiger partial charge in [-0.05, 0) is 25.8 Å². The predicted octanol–water partition coefficient (Wildman–Crippen LogP) is 3.86. The summed E-state index contributed by atoms with van der Waals surface area (Å²) in [6.07, 6.45) is 1.07. The van der Waals surface area contributed by atoms with E-state index in [1.165, 1.54) is 15.8 Å². The molecule has 0 aromatic carbocycles. The van der Waals surface area contributed by atoms with Crippen LogP contribution in [-0.2, 0) is 0 Å². The Balaban J connectivity index is 2.70. The van der Waals surface area contributed by atoms with Gasteiger partial charge >= 0.3 is 0 Å². The molecule has 0 spiro atoms. The zero-order valence-electron chi connectivity index (χ0n) is 11.1. The highest BCUT2D eigenvalue weighted by molar-refractivity contribution is 7.18. The van der Waals surface area contributed by atoms with Gasteiger partial charge in [-0.2, -0.15) is 0 Å². The van der Waals surface area contributed by atoms with Crippen LogP contribution in [0.3, 0.4) is 0 Å². The Morgan fingerprint density at radius 2 is 2.00 bits per heavy atom. The monoisotopic (exact) mass is 249 g/mol. The highest BCUT2D eigenvalue weighted by Crippen LogP contribution is 2.34. The fraction of sp³-hybridized carbons (Fsp3) is 0.538. The van der Waals surface area contributed by atoms with Crippen LogP contribution < -0.4 is 5.32 Å². The second-order valence-corrected chi connectivity index (χ2v) is 5.66. The molecule has 2 aromatic heterocycles. The third kappa shape index (κ3) is 2.02. The molecular formula is C13H19N3S. The summed E-state index contributed by atoms with van der Waals surface area (Å²) in [5.74, 6) is 2.33. The van der Waals surface area contributed by atoms with Gasteiger partial charge < -0.3 is 5.32 Å². The molecule has 1 N–H and O–H groups in total. The summed E-state index contributed by atoms with van der Waals surface area (Å²) in [4.78, 5) is 11.8. The third-order valence-corrected chi connectivity index (χ3v) is 4.44. The lowest BCUT2D eigenvalue weighted by Gasteiger charge is -2.10. The van der Waals surface area contributed by atoms with Gasteiger partial charge in [0.25, 0.3) is 0 Å². The van der Waals surface area contributed by atoms with E-state index in [1.54, 1.807) is 11.3 Å². The first kappa shape index (κ1) is 12.3. The summed E-state index contributed by atoms with van der Waals surface area (Å²) in [6.45, 7) is 8.63. The van der Waals surface area contributed by atoms with E-state index in [0.717, 1.165) is 22.9 Å². The molecule has 3 nitrogen and oxygen atoms in total. The van der Waals surface area contributed by atoms with Gasteiger partial charge in [-0.25, -0.2) is 9.97 Å². The van der Waals surface area contributed by atoms with Gasteiger partial charge in [0.15, 0.2) is 0 Å². The van der Waals surface area contributed by atoms with Crippen molar-refractivity contribution in [1.29, 1.82) is 0 Å². The molecule has 0 saturated carbocycles. The van der Waals surface area contributed by atoms with E-state index in [2.05, 4.69) is 38.0 Å². The second-order valence-electron chi connectivity index (χ2n) is 4.45. The number of hydrogen-bond acceptors (Lipinski definition) is 4. The third-order valence-electron chi connectivity index (χ3n) is 3.34. The van der Waals surface area contributed by atoms with E-state index in [9.17, 15) is 0 Å². The van der Waals surface area contributed by atoms with Crippen LogP contribution in [0.5, 0.6) is 0 Å². The van der Waals surface area contributed by atoms with E-state index in [0.29, 0.717) is 5.92 Å². The lowest BCUT2D eigenvalue weighted by Crippen LogP contribution is -2.03. The molecule has 0 bridgehead atoms. The Hall–Kier alpha value is -1.16. The van der Waals surface area contributed by atoms with Crippen molar-refractivity contribution in [2.45, 2.75) is 40.0 Å². The van der Waals surface area contributed by atoms with Gasteiger partial charge in [0.1, 0.15) is 16.5 Å². The fourth-order valence-corrected chi connectivity index (χ4v) is 2.89. The number of anilines is 1. The van der Waals surface area contributed by atoms with Crippen molar-refractivity contribution >= 4 is 27.4 Å². The zero-order valence-corrected chi connectivity index (χ0v) is 11.9. The van der Waals surface area contributed by atoms with Crippen molar-refractivity contribution in [2.24, 2.45) is 0 Å². The summed E-state index contributed by atoms with van der Waals surface area (Å²) < 4.78 is 0. The van der Waals surface area contributed by atoms with Crippen molar-refractivity contribution in [3.63, 3.8) is 0 Å². The van der Waals surface area contributed by atoms with Crippen LogP contribution in [0.2, 0.25) is 0 Å². The van der Waals surface area contributed by atoms with Crippen LogP contribution in [0.25, 0.3) is 10.2 Å². The molecule has 1 atom stereocenters. The molecule has 2 heterocycles. The molecule has 2 rings (SSSR count). The first-order valence-electron chi connectivity index (χ1n) is 6.03. The van der Waals surface area contributed by atoms with Crippen molar-refractivity contribution < 1.29 is 0 Å². The van der Waals surface area contributed by atoms with Gasteiger partial charge in [0.2, 0.25) is 0 Å². The molecule has 0 aliphatic carbocycles. The first-order chi connectivity index (χ1) is 8.08. The van der Waals surface area contributed by atoms with Crippen LogP contribution >= 0.6 is 11.3 Å². The van der Waals surface area contributed by atoms with Gasteiger partial charge in [-0.3, -0.25) is 0 Å². The topological polar surface area (TPSA) is 37.8 Å². The summed E-state index contributed by atoms with van der Waals surface area (Å²) in [7, 11) is 1.93. The van der Waals surface area contributed by atoms with E-state index in [1.807, 2.05) is 7.05 Å². The van der Waals surface area contributed by atoms with E-state index >= 15 is 0 Å². The number of thiophene rings is 1. The highest BCUT2D eigenvalue weighted by atomic mass is 32.1. The Bertz CT molecular complexity index is 545. The number of nitrogens with one attached hydrogen (secondary N) is 1. The standard InChI is InChI=1S/C13H19N3S/c1-6-7(2)11-15-12(14-5)10-8(3)9(4)17-13(10)16-11/h7H,6H2,1-5H3,(H,14,15,16). The molecule has 92 valence electrons. The minimum absolute atomic E-state index is 0.411. The Kier molecular flexibility index (Phi) is 3.33. The first-order valence-corrected chi connectivity index (χ1v) is 6.85. The van der Waals surface area contributed by atoms with Crippen LogP contribution in [-0.4, -0.2) is 17.0 Å². The summed E-state index contributed by atoms with van der Waals surface area (Å²) in [5, 5.41) is 4.38. The fourth-order valence-electron chi connectivity index (χ4n) is 1.85. The molecule has 0 amide bonds. The molecule has 0 radical (unpaired) electrons. The normalized spacial score (nSPS) is 13.0. The van der Waals surface area contributed by atoms with Gasteiger partial charge in [0, 0.05) is 17.8 Å². The number of hydrogen-bond donors (Lipinski definition) is 1. The van der Waals surface area contributed by atoms with Crippen molar-refractivity contribution in [2.75, 3.05) is 12.4 Å². The average molecular weight is 249 g/mol. The quantitative estimate of drug-likeness (QED) is 0.897. The number of aromatic nitrogens is 2. The van der Waals surface area contributed by atoms with E-state index in [4.69, 9.17) is 4.98 Å². The van der Waals surface area contributed by atoms with Crippen molar-refractivity contribution in [3.8, 4) is 0 Å². The Morgan fingerprint density at radius 1 is 1.29 bits per heavy atom. The lowest BCUT2D eigenvalue weighted by atomic mass is 10.1. The molecule has 0 aliphatic rings. The molecule has 0 fully saturated rings. The maximum Gasteiger partial charge on any atom is 0.138 e. The highest BCUT2D eigenvalue weighted by Gasteiger charge is 2.15. The zero-order chi connectivity index (χ0) is 12.6. The maximum absolute atomic E-state index is 4.70. The lowest BCUT2D eigenvalue weighted by molar-refractivity contribution is 0.684. The number of rotatable bonds is 3. The largest absolute Gasteiger partial charge is 0.372 e. The number of nitrogens with zero attached hydrogens (tertiary/aromatic N) is 2.